The van der Waals surface area contributed by atoms with Gasteiger partial charge in [-0.1, -0.05) is 23.9 Å². The van der Waals surface area contributed by atoms with E-state index in [1.807, 2.05) is 12.1 Å². The van der Waals surface area contributed by atoms with E-state index in [0.717, 1.165) is 25.3 Å². The smallest absolute Gasteiger partial charge is 0.207 e. The van der Waals surface area contributed by atoms with Gasteiger partial charge in [-0.15, -0.1) is 21.5 Å². The summed E-state index contributed by atoms with van der Waals surface area (Å²) < 4.78 is 16.2. The molecule has 2 aromatic heterocycles. The maximum atomic E-state index is 13.4. The highest BCUT2D eigenvalue weighted by Gasteiger charge is 2.21. The van der Waals surface area contributed by atoms with Crippen molar-refractivity contribution in [3.63, 3.8) is 0 Å². The van der Waals surface area contributed by atoms with E-state index in [0.29, 0.717) is 11.4 Å². The lowest BCUT2D eigenvalue weighted by molar-refractivity contribution is 0.628. The van der Waals surface area contributed by atoms with Crippen LogP contribution in [0.3, 0.4) is 0 Å². The van der Waals surface area contributed by atoms with E-state index in [2.05, 4.69) is 31.2 Å². The minimum absolute atomic E-state index is 0.301. The number of hydrogen-bond donors (Lipinski definition) is 0. The van der Waals surface area contributed by atoms with Crippen LogP contribution in [0.1, 0.15) is 4.88 Å². The molecule has 8 heteroatoms. The summed E-state index contributed by atoms with van der Waals surface area (Å²) in [4.78, 5) is 1.10. The van der Waals surface area contributed by atoms with Gasteiger partial charge in [0, 0.05) is 11.3 Å². The second kappa shape index (κ2) is 5.60. The molecule has 0 radical (unpaired) electrons. The average molecular weight is 395 g/mol. The largest absolute Gasteiger partial charge is 0.212 e. The van der Waals surface area contributed by atoms with Crippen LogP contribution < -0.4 is 0 Å². The van der Waals surface area contributed by atoms with Gasteiger partial charge in [0.1, 0.15) is 5.82 Å². The first kappa shape index (κ1) is 14.1. The van der Waals surface area contributed by atoms with Crippen LogP contribution in [-0.4, -0.2) is 26.3 Å². The first-order valence-corrected chi connectivity index (χ1v) is 8.98. The number of thioether (sulfide) groups is 1. The number of aromatic nitrogens is 3. The van der Waals surface area contributed by atoms with Crippen molar-refractivity contribution in [2.45, 2.75) is 5.16 Å². The summed E-state index contributed by atoms with van der Waals surface area (Å²) >= 11 is 6.68. The van der Waals surface area contributed by atoms with Crippen molar-refractivity contribution in [2.75, 3.05) is 5.75 Å². The predicted molar refractivity (Wildman–Crippen MR) is 90.1 cm³/mol. The normalized spacial score (nSPS) is 13.8. The number of rotatable bonds is 2. The van der Waals surface area contributed by atoms with Crippen LogP contribution in [-0.2, 0) is 0 Å². The van der Waals surface area contributed by atoms with Crippen molar-refractivity contribution in [1.29, 1.82) is 0 Å². The van der Waals surface area contributed by atoms with Crippen molar-refractivity contribution < 1.29 is 4.39 Å². The van der Waals surface area contributed by atoms with Crippen molar-refractivity contribution >= 4 is 44.7 Å². The summed E-state index contributed by atoms with van der Waals surface area (Å²) in [5, 5.41) is 13.7. The molecule has 0 N–H and O–H groups in total. The highest BCUT2D eigenvalue weighted by Crippen LogP contribution is 2.31. The predicted octanol–water partition coefficient (Wildman–Crippen LogP) is 4.27. The lowest BCUT2D eigenvalue weighted by Crippen LogP contribution is -2.12. The Balaban J connectivity index is 1.81. The lowest BCUT2D eigenvalue weighted by atomic mass is 10.2. The zero-order valence-electron chi connectivity index (χ0n) is 11.0. The molecular formula is C14H8BrFN4S2. The number of benzene rings is 1. The highest BCUT2D eigenvalue weighted by molar-refractivity contribution is 9.11. The van der Waals surface area contributed by atoms with Crippen LogP contribution in [0.15, 0.2) is 50.4 Å². The van der Waals surface area contributed by atoms with Crippen molar-refractivity contribution in [3.05, 3.63) is 50.9 Å². The van der Waals surface area contributed by atoms with Crippen LogP contribution in [0.4, 0.5) is 4.39 Å². The summed E-state index contributed by atoms with van der Waals surface area (Å²) in [7, 11) is 0. The fourth-order valence-corrected chi connectivity index (χ4v) is 4.41. The van der Waals surface area contributed by atoms with E-state index >= 15 is 0 Å². The molecule has 0 bridgehead atoms. The quantitative estimate of drug-likeness (QED) is 0.651. The molecule has 0 saturated heterocycles. The molecule has 22 heavy (non-hydrogen) atoms. The van der Waals surface area contributed by atoms with Crippen molar-refractivity contribution in [3.8, 4) is 11.4 Å². The number of hydrogen-bond acceptors (Lipinski definition) is 5. The zero-order valence-corrected chi connectivity index (χ0v) is 14.3. The fraction of sp³-hybridized carbons (Fsp3) is 0.0714. The molecule has 0 unspecified atom stereocenters. The van der Waals surface area contributed by atoms with Gasteiger partial charge in [0.15, 0.2) is 5.82 Å². The maximum Gasteiger partial charge on any atom is 0.212 e. The van der Waals surface area contributed by atoms with Crippen LogP contribution >= 0.6 is 39.0 Å². The van der Waals surface area contributed by atoms with E-state index in [-0.39, 0.29) is 5.82 Å². The molecule has 3 aromatic rings. The minimum atomic E-state index is -0.301. The fourth-order valence-electron chi connectivity index (χ4n) is 2.13. The molecule has 0 aliphatic carbocycles. The first-order chi connectivity index (χ1) is 10.7. The Labute approximate surface area is 142 Å². The summed E-state index contributed by atoms with van der Waals surface area (Å²) in [6, 6.07) is 10.3. The Morgan fingerprint density at radius 3 is 2.86 bits per heavy atom. The van der Waals surface area contributed by atoms with Gasteiger partial charge in [0.25, 0.3) is 0 Å². The number of halogens is 2. The Hall–Kier alpha value is -1.51. The SMILES string of the molecule is Fc1cccc(-c2nnc3n2N=C(c2ccc(Br)s2)CS3)c1. The monoisotopic (exact) mass is 394 g/mol. The Kier molecular flexibility index (Phi) is 3.59. The van der Waals surface area contributed by atoms with Gasteiger partial charge in [0.05, 0.1) is 14.4 Å². The third kappa shape index (κ3) is 2.51. The van der Waals surface area contributed by atoms with Crippen molar-refractivity contribution in [2.24, 2.45) is 5.10 Å². The van der Waals surface area contributed by atoms with Gasteiger partial charge in [-0.3, -0.25) is 0 Å². The lowest BCUT2D eigenvalue weighted by Gasteiger charge is -2.12. The maximum absolute atomic E-state index is 13.4. The van der Waals surface area contributed by atoms with E-state index in [9.17, 15) is 4.39 Å². The average Bonchev–Trinajstić information content (AvgIpc) is 3.12. The molecule has 0 fully saturated rings. The van der Waals surface area contributed by atoms with Crippen LogP contribution in [0.5, 0.6) is 0 Å². The Morgan fingerprint density at radius 1 is 1.18 bits per heavy atom. The third-order valence-corrected chi connectivity index (χ3v) is 5.71. The molecule has 4 rings (SSSR count). The molecule has 0 amide bonds. The van der Waals surface area contributed by atoms with E-state index in [4.69, 9.17) is 0 Å². The highest BCUT2D eigenvalue weighted by atomic mass is 79.9. The Morgan fingerprint density at radius 2 is 2.09 bits per heavy atom. The number of fused-ring (bicyclic) bond motifs is 1. The second-order valence-electron chi connectivity index (χ2n) is 4.57. The second-order valence-corrected chi connectivity index (χ2v) is 7.97. The summed E-state index contributed by atoms with van der Waals surface area (Å²) in [6.45, 7) is 0. The third-order valence-electron chi connectivity index (χ3n) is 3.11. The molecule has 0 atom stereocenters. The molecule has 110 valence electrons. The van der Waals surface area contributed by atoms with Gasteiger partial charge < -0.3 is 0 Å². The summed E-state index contributed by atoms with van der Waals surface area (Å²) in [5.41, 5.74) is 1.63. The molecule has 1 aromatic carbocycles. The van der Waals surface area contributed by atoms with E-state index in [1.54, 1.807) is 39.9 Å². The van der Waals surface area contributed by atoms with Gasteiger partial charge in [-0.05, 0) is 40.2 Å². The molecular weight excluding hydrogens is 387 g/mol. The Bertz CT molecular complexity index is 887. The van der Waals surface area contributed by atoms with Crippen molar-refractivity contribution in [1.82, 2.24) is 14.9 Å². The topological polar surface area (TPSA) is 43.1 Å². The van der Waals surface area contributed by atoms with Gasteiger partial charge in [-0.2, -0.15) is 9.78 Å². The van der Waals surface area contributed by atoms with E-state index in [1.165, 1.54) is 12.1 Å². The van der Waals surface area contributed by atoms with Gasteiger partial charge >= 0.3 is 0 Å². The van der Waals surface area contributed by atoms with Crippen LogP contribution in [0.2, 0.25) is 0 Å². The molecule has 3 heterocycles. The number of nitrogens with zero attached hydrogens (tertiary/aromatic N) is 4. The summed E-state index contributed by atoms with van der Waals surface area (Å²) in [5.74, 6) is 0.994. The van der Waals surface area contributed by atoms with Crippen LogP contribution in [0.25, 0.3) is 11.4 Å². The molecule has 0 saturated carbocycles. The molecule has 0 spiro atoms. The minimum Gasteiger partial charge on any atom is -0.207 e. The zero-order chi connectivity index (χ0) is 15.1. The molecule has 1 aliphatic rings. The first-order valence-electron chi connectivity index (χ1n) is 6.38. The molecule has 4 nitrogen and oxygen atoms in total. The standard InChI is InChI=1S/C14H8BrFN4S2/c15-12-5-4-11(22-12)10-7-21-14-18-17-13(20(14)19-10)8-2-1-3-9(16)6-8/h1-6H,7H2. The van der Waals surface area contributed by atoms with Gasteiger partial charge in [-0.25, -0.2) is 4.39 Å². The van der Waals surface area contributed by atoms with Crippen LogP contribution in [0, 0.1) is 5.82 Å². The van der Waals surface area contributed by atoms with Gasteiger partial charge in [0.2, 0.25) is 5.16 Å². The summed E-state index contributed by atoms with van der Waals surface area (Å²) in [6.07, 6.45) is 0. The molecule has 1 aliphatic heterocycles. The number of thiophene rings is 1. The van der Waals surface area contributed by atoms with E-state index < -0.39 is 0 Å².